The first-order valence-corrected chi connectivity index (χ1v) is 16.8. The van der Waals surface area contributed by atoms with E-state index in [2.05, 4.69) is 54.6 Å². The summed E-state index contributed by atoms with van der Waals surface area (Å²) >= 11 is 5.28. The maximum Gasteiger partial charge on any atom is 0.132 e. The van der Waals surface area contributed by atoms with Crippen molar-refractivity contribution in [1.82, 2.24) is 0 Å². The van der Waals surface area contributed by atoms with Crippen molar-refractivity contribution in [3.63, 3.8) is 0 Å². The highest BCUT2D eigenvalue weighted by molar-refractivity contribution is 7.41. The van der Waals surface area contributed by atoms with Gasteiger partial charge in [0.15, 0.2) is 0 Å². The van der Waals surface area contributed by atoms with Crippen LogP contribution >= 0.6 is 34.0 Å². The highest BCUT2D eigenvalue weighted by Gasteiger charge is 2.29. The molecule has 220 valence electrons. The van der Waals surface area contributed by atoms with Crippen LogP contribution in [0.1, 0.15) is 13.8 Å². The average molecular weight is 635 g/mol. The van der Waals surface area contributed by atoms with Gasteiger partial charge >= 0.3 is 0 Å². The number of benzene rings is 4. The first kappa shape index (κ1) is 28.5. The van der Waals surface area contributed by atoms with Crippen LogP contribution in [-0.4, -0.2) is 25.4 Å². The molecule has 0 aliphatic heterocycles. The lowest BCUT2D eigenvalue weighted by Gasteiger charge is -2.17. The number of phenols is 1. The molecule has 0 amide bonds. The number of ether oxygens (including phenoxy) is 3. The first-order chi connectivity index (χ1) is 21.5. The Bertz CT molecular complexity index is 2100. The van der Waals surface area contributed by atoms with Gasteiger partial charge in [0.2, 0.25) is 0 Å². The molecule has 0 saturated heterocycles. The van der Waals surface area contributed by atoms with Gasteiger partial charge in [-0.2, -0.15) is 0 Å². The molecule has 0 unspecified atom stereocenters. The minimum absolute atomic E-state index is 0.00985. The van der Waals surface area contributed by atoms with Crippen molar-refractivity contribution in [2.75, 3.05) is 14.2 Å². The van der Waals surface area contributed by atoms with Gasteiger partial charge in [-0.25, -0.2) is 0 Å². The maximum absolute atomic E-state index is 11.1. The van der Waals surface area contributed by atoms with Crippen molar-refractivity contribution in [2.24, 2.45) is 0 Å². The predicted molar refractivity (Wildman–Crippen MR) is 187 cm³/mol. The fraction of sp³-hybridized carbons (Fsp3) is 0.135. The van der Waals surface area contributed by atoms with E-state index in [-0.39, 0.29) is 11.9 Å². The molecule has 44 heavy (non-hydrogen) atoms. The van der Waals surface area contributed by atoms with Crippen molar-refractivity contribution >= 4 is 52.8 Å². The third-order valence-electron chi connectivity index (χ3n) is 7.51. The standard InChI is InChI=1S/C37H30O4S3/c1-21(2)41-27-20-12-19-26(40-4)31(27)33-29(23-15-9-6-10-16-23)35-37(43-33)36-34(44-35)28(22-13-7-5-8-14-22)32(42-36)30-24(38)17-11-18-25(30)39-3/h5-21,38H,1-4H3. The lowest BCUT2D eigenvalue weighted by molar-refractivity contribution is 0.242. The maximum atomic E-state index is 11.1. The average Bonchev–Trinajstić information content (AvgIpc) is 3.69. The predicted octanol–water partition coefficient (Wildman–Crippen LogP) is 11.4. The molecule has 0 atom stereocenters. The van der Waals surface area contributed by atoms with Gasteiger partial charge in [-0.3, -0.25) is 0 Å². The Morgan fingerprint density at radius 3 is 1.50 bits per heavy atom. The van der Waals surface area contributed by atoms with E-state index >= 15 is 0 Å². The Labute approximate surface area is 268 Å². The van der Waals surface area contributed by atoms with Crippen molar-refractivity contribution < 1.29 is 19.3 Å². The fourth-order valence-corrected chi connectivity index (χ4v) is 10.4. The molecule has 3 heterocycles. The van der Waals surface area contributed by atoms with E-state index in [4.69, 9.17) is 14.2 Å². The summed E-state index contributed by atoms with van der Waals surface area (Å²) in [5.74, 6) is 2.43. The molecule has 0 spiro atoms. The Hall–Kier alpha value is -4.30. The molecule has 0 aliphatic rings. The summed E-state index contributed by atoms with van der Waals surface area (Å²) in [6.45, 7) is 4.09. The van der Waals surface area contributed by atoms with Crippen LogP contribution in [0.3, 0.4) is 0 Å². The van der Waals surface area contributed by atoms with Crippen LogP contribution in [0.25, 0.3) is 61.9 Å². The summed E-state index contributed by atoms with van der Waals surface area (Å²) in [6.07, 6.45) is 0.00985. The number of rotatable bonds is 8. The zero-order valence-electron chi connectivity index (χ0n) is 24.7. The highest BCUT2D eigenvalue weighted by atomic mass is 32.1. The van der Waals surface area contributed by atoms with Gasteiger partial charge in [0, 0.05) is 11.1 Å². The molecule has 0 radical (unpaired) electrons. The number of aromatic hydroxyl groups is 1. The Morgan fingerprint density at radius 2 is 0.977 bits per heavy atom. The lowest BCUT2D eigenvalue weighted by Crippen LogP contribution is -2.07. The smallest absolute Gasteiger partial charge is 0.132 e. The number of methoxy groups -OCH3 is 2. The van der Waals surface area contributed by atoms with E-state index in [1.807, 2.05) is 50.2 Å². The van der Waals surface area contributed by atoms with E-state index < -0.39 is 0 Å². The molecule has 0 saturated carbocycles. The normalized spacial score (nSPS) is 11.5. The molecule has 0 fully saturated rings. The number of fused-ring (bicyclic) bond motifs is 3. The topological polar surface area (TPSA) is 47.9 Å². The van der Waals surface area contributed by atoms with Gasteiger partial charge in [-0.15, -0.1) is 34.0 Å². The van der Waals surface area contributed by atoms with Crippen LogP contribution in [0.2, 0.25) is 0 Å². The second kappa shape index (κ2) is 11.7. The van der Waals surface area contributed by atoms with Crippen LogP contribution in [0.4, 0.5) is 0 Å². The number of hydrogen-bond acceptors (Lipinski definition) is 7. The molecule has 0 bridgehead atoms. The molecule has 7 rings (SSSR count). The van der Waals surface area contributed by atoms with Gasteiger partial charge in [-0.05, 0) is 49.2 Å². The Balaban J connectivity index is 1.60. The molecular weight excluding hydrogens is 605 g/mol. The molecule has 4 aromatic carbocycles. The molecular formula is C37H30O4S3. The van der Waals surface area contributed by atoms with Crippen LogP contribution in [-0.2, 0) is 0 Å². The summed E-state index contributed by atoms with van der Waals surface area (Å²) in [5.41, 5.74) is 6.22. The van der Waals surface area contributed by atoms with Gasteiger partial charge in [0.05, 0.1) is 60.0 Å². The van der Waals surface area contributed by atoms with Crippen molar-refractivity contribution in [1.29, 1.82) is 0 Å². The lowest BCUT2D eigenvalue weighted by atomic mass is 10.0. The van der Waals surface area contributed by atoms with Gasteiger partial charge in [-0.1, -0.05) is 72.8 Å². The summed E-state index contributed by atoms with van der Waals surface area (Å²) in [7, 11) is 3.36. The van der Waals surface area contributed by atoms with Gasteiger partial charge < -0.3 is 19.3 Å². The summed E-state index contributed by atoms with van der Waals surface area (Å²) in [4.78, 5) is 2.11. The van der Waals surface area contributed by atoms with Gasteiger partial charge in [0.25, 0.3) is 0 Å². The zero-order chi connectivity index (χ0) is 30.4. The minimum Gasteiger partial charge on any atom is -0.507 e. The highest BCUT2D eigenvalue weighted by Crippen LogP contribution is 2.60. The number of hydrogen-bond donors (Lipinski definition) is 1. The molecule has 7 aromatic rings. The number of phenolic OH excluding ortho intramolecular Hbond substituents is 1. The molecule has 0 aliphatic carbocycles. The Morgan fingerprint density at radius 1 is 0.500 bits per heavy atom. The van der Waals surface area contributed by atoms with Crippen LogP contribution in [0.5, 0.6) is 23.0 Å². The van der Waals surface area contributed by atoms with E-state index in [9.17, 15) is 5.11 Å². The van der Waals surface area contributed by atoms with E-state index in [1.165, 1.54) is 24.4 Å². The summed E-state index contributed by atoms with van der Waals surface area (Å²) in [6, 6.07) is 32.5. The van der Waals surface area contributed by atoms with Gasteiger partial charge in [0.1, 0.15) is 23.0 Å². The molecule has 3 aromatic heterocycles. The molecule has 7 heteroatoms. The third-order valence-corrected chi connectivity index (χ3v) is 11.6. The van der Waals surface area contributed by atoms with Crippen LogP contribution in [0, 0.1) is 0 Å². The quantitative estimate of drug-likeness (QED) is 0.181. The molecule has 1 N–H and O–H groups in total. The van der Waals surface area contributed by atoms with Crippen LogP contribution in [0.15, 0.2) is 97.1 Å². The van der Waals surface area contributed by atoms with Crippen molar-refractivity contribution in [3.8, 4) is 66.1 Å². The van der Waals surface area contributed by atoms with Crippen LogP contribution < -0.4 is 14.2 Å². The van der Waals surface area contributed by atoms with Crippen molar-refractivity contribution in [3.05, 3.63) is 97.1 Å². The SMILES string of the molecule is COc1cccc(O)c1-c1sc2c(sc3c(-c4ccccc4)c(-c4c(OC)cccc4OC(C)C)sc32)c1-c1ccccc1. The van der Waals surface area contributed by atoms with E-state index in [0.29, 0.717) is 11.3 Å². The summed E-state index contributed by atoms with van der Waals surface area (Å²) < 4.78 is 22.9. The largest absolute Gasteiger partial charge is 0.507 e. The van der Waals surface area contributed by atoms with Crippen molar-refractivity contribution in [2.45, 2.75) is 20.0 Å². The van der Waals surface area contributed by atoms with E-state index in [1.54, 1.807) is 54.3 Å². The molecule has 4 nitrogen and oxygen atoms in total. The second-order valence-corrected chi connectivity index (χ2v) is 13.7. The second-order valence-electron chi connectivity index (χ2n) is 10.6. The first-order valence-electron chi connectivity index (χ1n) is 14.3. The minimum atomic E-state index is 0.00985. The zero-order valence-corrected chi connectivity index (χ0v) is 27.2. The number of thiophene rings is 3. The monoisotopic (exact) mass is 634 g/mol. The summed E-state index contributed by atoms with van der Waals surface area (Å²) in [5, 5.41) is 11.1. The Kier molecular flexibility index (Phi) is 7.54. The fourth-order valence-electron chi connectivity index (χ4n) is 5.69. The third kappa shape index (κ3) is 4.72. The van der Waals surface area contributed by atoms with E-state index in [0.717, 1.165) is 43.5 Å².